The number of hydrogen-bond acceptors (Lipinski definition) is 4. The first-order valence-electron chi connectivity index (χ1n) is 9.47. The van der Waals surface area contributed by atoms with Crippen molar-refractivity contribution in [2.24, 2.45) is 17.8 Å². The van der Waals surface area contributed by atoms with Crippen molar-refractivity contribution >= 4 is 23.5 Å². The Hall–Kier alpha value is -2.44. The van der Waals surface area contributed by atoms with E-state index in [9.17, 15) is 18.8 Å². The fourth-order valence-corrected chi connectivity index (χ4v) is 3.50. The van der Waals surface area contributed by atoms with E-state index < -0.39 is 5.82 Å². The van der Waals surface area contributed by atoms with Crippen LogP contribution in [0.25, 0.3) is 0 Å². The first kappa shape index (κ1) is 19.3. The number of nitrogens with zero attached hydrogens (tertiary/aromatic N) is 1. The number of carbonyl (C=O) groups is 3. The summed E-state index contributed by atoms with van der Waals surface area (Å²) in [4.78, 5) is 38.8. The maximum Gasteiger partial charge on any atom is 0.310 e. The minimum atomic E-state index is -0.546. The number of anilines is 1. The van der Waals surface area contributed by atoms with Gasteiger partial charge in [-0.05, 0) is 50.3 Å². The Morgan fingerprint density at radius 2 is 2.07 bits per heavy atom. The lowest BCUT2D eigenvalue weighted by Crippen LogP contribution is -2.43. The molecule has 0 aromatic heterocycles. The predicted molar refractivity (Wildman–Crippen MR) is 97.6 cm³/mol. The fourth-order valence-electron chi connectivity index (χ4n) is 3.50. The van der Waals surface area contributed by atoms with Crippen molar-refractivity contribution in [3.05, 3.63) is 29.6 Å². The summed E-state index contributed by atoms with van der Waals surface area (Å²) in [6.45, 7) is 4.75. The Balaban J connectivity index is 1.76. The maximum absolute atomic E-state index is 13.8. The average Bonchev–Trinajstić information content (AvgIpc) is 3.40. The van der Waals surface area contributed by atoms with Gasteiger partial charge in [-0.25, -0.2) is 4.39 Å². The van der Waals surface area contributed by atoms with E-state index in [4.69, 9.17) is 4.74 Å². The van der Waals surface area contributed by atoms with E-state index in [0.717, 1.165) is 12.5 Å². The highest BCUT2D eigenvalue weighted by atomic mass is 19.1. The number of carbonyl (C=O) groups excluding carboxylic acids is 3. The Morgan fingerprint density at radius 3 is 2.74 bits per heavy atom. The van der Waals surface area contributed by atoms with Gasteiger partial charge in [-0.15, -0.1) is 0 Å². The summed E-state index contributed by atoms with van der Waals surface area (Å²) < 4.78 is 18.9. The largest absolute Gasteiger partial charge is 0.466 e. The lowest BCUT2D eigenvalue weighted by molar-refractivity contribution is -0.149. The van der Waals surface area contributed by atoms with Crippen molar-refractivity contribution in [1.29, 1.82) is 0 Å². The van der Waals surface area contributed by atoms with E-state index in [1.165, 1.54) is 17.0 Å². The number of nitrogens with one attached hydrogen (secondary N) is 1. The molecule has 0 spiro atoms. The van der Waals surface area contributed by atoms with Gasteiger partial charge < -0.3 is 15.0 Å². The molecule has 1 aliphatic heterocycles. The second-order valence-electron chi connectivity index (χ2n) is 7.34. The molecule has 1 aliphatic carbocycles. The van der Waals surface area contributed by atoms with Crippen molar-refractivity contribution in [1.82, 2.24) is 4.90 Å². The topological polar surface area (TPSA) is 75.7 Å². The van der Waals surface area contributed by atoms with Gasteiger partial charge in [0.25, 0.3) is 5.91 Å². The van der Waals surface area contributed by atoms with Crippen LogP contribution in [0.2, 0.25) is 0 Å². The standard InChI is InChI=1S/C20H25FN2O4/c1-3-27-20(26)13-5-4-8-23(11-13)19(25)16-10-14(21)6-7-17(16)22-18(24)15-9-12(15)2/h6-7,10,12-13,15H,3-5,8-9,11H2,1-2H3,(H,22,24)/t12-,13+,15+/m0/s1. The molecule has 27 heavy (non-hydrogen) atoms. The van der Waals surface area contributed by atoms with Crippen LogP contribution in [0.5, 0.6) is 0 Å². The molecule has 1 heterocycles. The molecule has 1 N–H and O–H groups in total. The van der Waals surface area contributed by atoms with E-state index in [1.54, 1.807) is 6.92 Å². The van der Waals surface area contributed by atoms with Crippen LogP contribution in [0.3, 0.4) is 0 Å². The highest BCUT2D eigenvalue weighted by Crippen LogP contribution is 2.38. The zero-order valence-corrected chi connectivity index (χ0v) is 15.7. The second kappa shape index (κ2) is 8.06. The molecule has 2 fully saturated rings. The van der Waals surface area contributed by atoms with E-state index in [0.29, 0.717) is 37.6 Å². The first-order valence-corrected chi connectivity index (χ1v) is 9.47. The van der Waals surface area contributed by atoms with Gasteiger partial charge >= 0.3 is 5.97 Å². The van der Waals surface area contributed by atoms with Crippen LogP contribution >= 0.6 is 0 Å². The van der Waals surface area contributed by atoms with Gasteiger partial charge in [-0.1, -0.05) is 6.92 Å². The van der Waals surface area contributed by atoms with Gasteiger partial charge in [0.1, 0.15) is 5.82 Å². The molecule has 2 aliphatic rings. The molecular weight excluding hydrogens is 351 g/mol. The number of halogens is 1. The number of amides is 2. The third-order valence-corrected chi connectivity index (χ3v) is 5.24. The fraction of sp³-hybridized carbons (Fsp3) is 0.550. The molecule has 7 heteroatoms. The third-order valence-electron chi connectivity index (χ3n) is 5.24. The Bertz CT molecular complexity index is 751. The Morgan fingerprint density at radius 1 is 1.33 bits per heavy atom. The molecule has 146 valence electrons. The first-order chi connectivity index (χ1) is 12.9. The molecule has 6 nitrogen and oxygen atoms in total. The third kappa shape index (κ3) is 4.46. The van der Waals surface area contributed by atoms with Crippen LogP contribution in [0.15, 0.2) is 18.2 Å². The molecule has 1 aromatic carbocycles. The molecular formula is C20H25FN2O4. The number of hydrogen-bond donors (Lipinski definition) is 1. The average molecular weight is 376 g/mol. The number of esters is 1. The maximum atomic E-state index is 13.8. The predicted octanol–water partition coefficient (Wildman–Crippen LogP) is 2.84. The molecule has 1 aromatic rings. The summed E-state index contributed by atoms with van der Waals surface area (Å²) in [6, 6.07) is 3.78. The quantitative estimate of drug-likeness (QED) is 0.802. The van der Waals surface area contributed by atoms with E-state index >= 15 is 0 Å². The van der Waals surface area contributed by atoms with E-state index in [1.807, 2.05) is 6.92 Å². The summed E-state index contributed by atoms with van der Waals surface area (Å²) in [5.74, 6) is -1.49. The Labute approximate surface area is 158 Å². The van der Waals surface area contributed by atoms with Crippen molar-refractivity contribution in [3.8, 4) is 0 Å². The van der Waals surface area contributed by atoms with Crippen LogP contribution in [0, 0.1) is 23.6 Å². The zero-order chi connectivity index (χ0) is 19.6. The number of likely N-dealkylation sites (tertiary alicyclic amines) is 1. The number of piperidine rings is 1. The molecule has 1 saturated heterocycles. The smallest absolute Gasteiger partial charge is 0.310 e. The summed E-state index contributed by atoms with van der Waals surface area (Å²) in [5, 5.41) is 2.76. The Kier molecular flexibility index (Phi) is 5.77. The molecule has 0 bridgehead atoms. The molecule has 2 amide bonds. The number of ether oxygens (including phenoxy) is 1. The van der Waals surface area contributed by atoms with Crippen molar-refractivity contribution in [2.75, 3.05) is 25.0 Å². The van der Waals surface area contributed by atoms with Crippen LogP contribution in [0.1, 0.15) is 43.5 Å². The summed E-state index contributed by atoms with van der Waals surface area (Å²) in [7, 11) is 0. The summed E-state index contributed by atoms with van der Waals surface area (Å²) in [5.41, 5.74) is 0.421. The zero-order valence-electron chi connectivity index (χ0n) is 15.7. The van der Waals surface area contributed by atoms with Crippen LogP contribution in [-0.4, -0.2) is 42.4 Å². The molecule has 1 saturated carbocycles. The van der Waals surface area contributed by atoms with Gasteiger partial charge in [0, 0.05) is 19.0 Å². The highest BCUT2D eigenvalue weighted by molar-refractivity contribution is 6.04. The van der Waals surface area contributed by atoms with Gasteiger partial charge in [-0.2, -0.15) is 0 Å². The SMILES string of the molecule is CCOC(=O)[C@@H]1CCCN(C(=O)c2cc(F)ccc2NC(=O)[C@@H]2C[C@@H]2C)C1. The van der Waals surface area contributed by atoms with Gasteiger partial charge in [0.05, 0.1) is 23.8 Å². The van der Waals surface area contributed by atoms with E-state index in [2.05, 4.69) is 5.32 Å². The van der Waals surface area contributed by atoms with Crippen LogP contribution < -0.4 is 5.32 Å². The van der Waals surface area contributed by atoms with Crippen molar-refractivity contribution < 1.29 is 23.5 Å². The normalized spacial score (nSPS) is 24.3. The second-order valence-corrected chi connectivity index (χ2v) is 7.34. The highest BCUT2D eigenvalue weighted by Gasteiger charge is 2.39. The molecule has 3 atom stereocenters. The minimum Gasteiger partial charge on any atom is -0.466 e. The van der Waals surface area contributed by atoms with Crippen LogP contribution in [0.4, 0.5) is 10.1 Å². The lowest BCUT2D eigenvalue weighted by Gasteiger charge is -2.32. The monoisotopic (exact) mass is 376 g/mol. The van der Waals surface area contributed by atoms with Crippen molar-refractivity contribution in [2.45, 2.75) is 33.1 Å². The number of benzene rings is 1. The summed E-state index contributed by atoms with van der Waals surface area (Å²) in [6.07, 6.45) is 2.16. The van der Waals surface area contributed by atoms with E-state index in [-0.39, 0.29) is 41.7 Å². The van der Waals surface area contributed by atoms with Crippen LogP contribution in [-0.2, 0) is 14.3 Å². The van der Waals surface area contributed by atoms with Gasteiger partial charge in [0.15, 0.2) is 0 Å². The van der Waals surface area contributed by atoms with Gasteiger partial charge in [-0.3, -0.25) is 14.4 Å². The molecule has 3 rings (SSSR count). The van der Waals surface area contributed by atoms with Gasteiger partial charge in [0.2, 0.25) is 5.91 Å². The molecule has 0 radical (unpaired) electrons. The lowest BCUT2D eigenvalue weighted by atomic mass is 9.97. The minimum absolute atomic E-state index is 0.0545. The number of rotatable bonds is 5. The molecule has 0 unspecified atom stereocenters. The van der Waals surface area contributed by atoms with Crippen molar-refractivity contribution in [3.63, 3.8) is 0 Å². The summed E-state index contributed by atoms with van der Waals surface area (Å²) >= 11 is 0.